The third-order valence-corrected chi connectivity index (χ3v) is 0. The Hall–Kier alpha value is 1.54. The Kier molecular flexibility index (Phi) is 106. The molecule has 0 aromatic rings. The van der Waals surface area contributed by atoms with Gasteiger partial charge in [-0.2, -0.15) is 0 Å². The van der Waals surface area contributed by atoms with Gasteiger partial charge in [-0.15, -0.1) is 0 Å². The Balaban J connectivity index is -0.00000000500. The quantitative estimate of drug-likeness (QED) is 0.473. The topological polar surface area (TPSA) is 17.1 Å². The molecular weight excluding hydrogens is 179 g/mol. The maximum absolute atomic E-state index is 8.25. The normalized spacial score (nSPS) is 0.750. The standard InChI is InChI=1S/Co.Fe.O.Ti. The molecule has 1 nitrogen and oxygen atoms in total. The van der Waals surface area contributed by atoms with Gasteiger partial charge in [0, 0.05) is 33.8 Å². The summed E-state index contributed by atoms with van der Waals surface area (Å²) in [6.45, 7) is 0. The van der Waals surface area contributed by atoms with Crippen molar-refractivity contribution in [3.05, 3.63) is 0 Å². The SMILES string of the molecule is [Co].[Fe].[O]=[Ti]. The Labute approximate surface area is 57.3 Å². The fourth-order valence-corrected chi connectivity index (χ4v) is 0. The molecule has 1 radical (unpaired) electrons. The molecule has 4 heteroatoms. The average Bonchev–Trinajstić information content (AvgIpc) is 1.00. The molecule has 0 aromatic heterocycles. The van der Waals surface area contributed by atoms with Crippen LogP contribution >= 0.6 is 0 Å². The Bertz CT molecular complexity index is 8.00. The molecule has 0 fully saturated rings. The van der Waals surface area contributed by atoms with Gasteiger partial charge in [0.1, 0.15) is 0 Å². The first kappa shape index (κ1) is 17.7. The third-order valence-electron chi connectivity index (χ3n) is 0. The van der Waals surface area contributed by atoms with Crippen molar-refractivity contribution < 1.29 is 57.6 Å². The molecule has 0 atom stereocenters. The molecule has 27 valence electrons. The van der Waals surface area contributed by atoms with Crippen LogP contribution in [-0.4, -0.2) is 0 Å². The summed E-state index contributed by atoms with van der Waals surface area (Å²) in [6.07, 6.45) is 0. The van der Waals surface area contributed by atoms with Crippen molar-refractivity contribution in [1.29, 1.82) is 0 Å². The molecule has 0 aliphatic carbocycles. The van der Waals surface area contributed by atoms with Crippen molar-refractivity contribution in [3.63, 3.8) is 0 Å². The number of rotatable bonds is 0. The number of hydrogen-bond donors (Lipinski definition) is 0. The van der Waals surface area contributed by atoms with Crippen molar-refractivity contribution >= 4 is 0 Å². The van der Waals surface area contributed by atoms with Crippen LogP contribution in [0.1, 0.15) is 0 Å². The van der Waals surface area contributed by atoms with E-state index in [0.29, 0.717) is 0 Å². The van der Waals surface area contributed by atoms with Crippen molar-refractivity contribution in [2.75, 3.05) is 0 Å². The zero-order chi connectivity index (χ0) is 2.00. The van der Waals surface area contributed by atoms with Gasteiger partial charge in [0.05, 0.1) is 0 Å². The van der Waals surface area contributed by atoms with Crippen molar-refractivity contribution in [3.8, 4) is 0 Å². The fraction of sp³-hybridized carbons (Fsp3) is 0. The second-order valence-corrected chi connectivity index (χ2v) is 0. The average molecular weight is 179 g/mol. The van der Waals surface area contributed by atoms with E-state index in [1.165, 1.54) is 0 Å². The summed E-state index contributed by atoms with van der Waals surface area (Å²) < 4.78 is 8.25. The second kappa shape index (κ2) is 24.0. The molecule has 0 unspecified atom stereocenters. The predicted octanol–water partition coefficient (Wildman–Crippen LogP) is -0.126. The minimum absolute atomic E-state index is 0. The van der Waals surface area contributed by atoms with Crippen LogP contribution in [0.5, 0.6) is 0 Å². The van der Waals surface area contributed by atoms with Gasteiger partial charge < -0.3 is 0 Å². The molecule has 0 aliphatic heterocycles. The first-order valence-electron chi connectivity index (χ1n) is 0.204. The summed E-state index contributed by atoms with van der Waals surface area (Å²) in [4.78, 5) is 0. The van der Waals surface area contributed by atoms with Crippen LogP contribution in [0.25, 0.3) is 0 Å². The molecule has 0 amide bonds. The molecule has 0 saturated heterocycles. The second-order valence-electron chi connectivity index (χ2n) is 0. The Morgan fingerprint density at radius 3 is 1.25 bits per heavy atom. The van der Waals surface area contributed by atoms with E-state index in [1.54, 1.807) is 0 Å². The Morgan fingerprint density at radius 2 is 1.25 bits per heavy atom. The van der Waals surface area contributed by atoms with Crippen LogP contribution in [0.2, 0.25) is 0 Å². The van der Waals surface area contributed by atoms with Gasteiger partial charge in [-0.05, 0) is 0 Å². The fourth-order valence-electron chi connectivity index (χ4n) is 0. The molecule has 0 aromatic carbocycles. The van der Waals surface area contributed by atoms with E-state index < -0.39 is 0 Å². The van der Waals surface area contributed by atoms with Crippen LogP contribution in [0, 0.1) is 0 Å². The van der Waals surface area contributed by atoms with Gasteiger partial charge in [-0.1, -0.05) is 0 Å². The van der Waals surface area contributed by atoms with Crippen LogP contribution in [0.3, 0.4) is 0 Å². The van der Waals surface area contributed by atoms with Crippen LogP contribution in [0.4, 0.5) is 0 Å². The number of hydrogen-bond acceptors (Lipinski definition) is 1. The summed E-state index contributed by atoms with van der Waals surface area (Å²) in [7, 11) is 0. The summed E-state index contributed by atoms with van der Waals surface area (Å²) in [5.74, 6) is 0. The maximum atomic E-state index is 8.25. The van der Waals surface area contributed by atoms with E-state index in [-0.39, 0.29) is 33.8 Å². The Morgan fingerprint density at radius 1 is 1.25 bits per heavy atom. The summed E-state index contributed by atoms with van der Waals surface area (Å²) in [6, 6.07) is 0. The van der Waals surface area contributed by atoms with Crippen LogP contribution in [0.15, 0.2) is 0 Å². The van der Waals surface area contributed by atoms with Gasteiger partial charge in [0.2, 0.25) is 0 Å². The molecule has 0 saturated carbocycles. The van der Waals surface area contributed by atoms with Crippen LogP contribution in [-0.2, 0) is 57.6 Å². The molecule has 0 N–H and O–H groups in total. The van der Waals surface area contributed by atoms with Crippen molar-refractivity contribution in [1.82, 2.24) is 0 Å². The predicted molar refractivity (Wildman–Crippen MR) is 0.686 cm³/mol. The molecule has 4 heavy (non-hydrogen) atoms. The first-order chi connectivity index (χ1) is 1.00. The molecule has 0 bridgehead atoms. The van der Waals surface area contributed by atoms with E-state index >= 15 is 0 Å². The van der Waals surface area contributed by atoms with Crippen molar-refractivity contribution in [2.24, 2.45) is 0 Å². The van der Waals surface area contributed by atoms with E-state index in [9.17, 15) is 0 Å². The van der Waals surface area contributed by atoms with Gasteiger partial charge in [0.25, 0.3) is 0 Å². The minimum atomic E-state index is 0. The first-order valence-corrected chi connectivity index (χ1v) is 0.842. The summed E-state index contributed by atoms with van der Waals surface area (Å²) in [5.41, 5.74) is 0. The molecule has 0 spiro atoms. The van der Waals surface area contributed by atoms with E-state index in [1.807, 2.05) is 0 Å². The van der Waals surface area contributed by atoms with E-state index in [4.69, 9.17) is 3.32 Å². The zero-order valence-electron chi connectivity index (χ0n) is 1.60. The van der Waals surface area contributed by atoms with E-state index in [0.717, 1.165) is 20.4 Å². The third kappa shape index (κ3) is 9.63. The molecule has 0 heterocycles. The molecule has 0 rings (SSSR count). The van der Waals surface area contributed by atoms with Crippen LogP contribution < -0.4 is 0 Å². The van der Waals surface area contributed by atoms with Crippen molar-refractivity contribution in [2.45, 2.75) is 0 Å². The summed E-state index contributed by atoms with van der Waals surface area (Å²) in [5, 5.41) is 0. The van der Waals surface area contributed by atoms with Gasteiger partial charge in [-0.3, -0.25) is 0 Å². The van der Waals surface area contributed by atoms with Gasteiger partial charge >= 0.3 is 23.7 Å². The van der Waals surface area contributed by atoms with E-state index in [2.05, 4.69) is 0 Å². The van der Waals surface area contributed by atoms with Gasteiger partial charge in [-0.25, -0.2) is 0 Å². The zero-order valence-corrected chi connectivity index (χ0v) is 5.30. The van der Waals surface area contributed by atoms with Gasteiger partial charge in [0.15, 0.2) is 0 Å². The monoisotopic (exact) mass is 179 g/mol. The molecular formula is CoFeOTi. The summed E-state index contributed by atoms with van der Waals surface area (Å²) >= 11 is 0.750. The molecule has 0 aliphatic rings.